The zero-order valence-electron chi connectivity index (χ0n) is 8.77. The lowest BCUT2D eigenvalue weighted by molar-refractivity contribution is 0.627. The van der Waals surface area contributed by atoms with Crippen molar-refractivity contribution < 1.29 is 4.39 Å². The quantitative estimate of drug-likeness (QED) is 0.794. The van der Waals surface area contributed by atoms with E-state index in [0.717, 1.165) is 5.69 Å². The van der Waals surface area contributed by atoms with Crippen LogP contribution < -0.4 is 11.3 Å². The summed E-state index contributed by atoms with van der Waals surface area (Å²) >= 11 is 0. The average Bonchev–Trinajstić information content (AvgIpc) is 2.19. The lowest BCUT2D eigenvalue weighted by atomic mass is 10.2. The van der Waals surface area contributed by atoms with Gasteiger partial charge >= 0.3 is 0 Å². The number of hydrogen-bond acceptors (Lipinski definition) is 2. The number of hydrogen-bond donors (Lipinski definition) is 1. The van der Waals surface area contributed by atoms with Gasteiger partial charge < -0.3 is 5.73 Å². The molecule has 0 saturated carbocycles. The molecule has 0 radical (unpaired) electrons. The molecule has 4 heteroatoms. The fourth-order valence-electron chi connectivity index (χ4n) is 1.65. The first-order valence-electron chi connectivity index (χ1n) is 4.83. The fraction of sp³-hybridized carbons (Fsp3) is 0.0833. The molecule has 0 aliphatic rings. The van der Waals surface area contributed by atoms with Gasteiger partial charge in [0, 0.05) is 23.1 Å². The van der Waals surface area contributed by atoms with Crippen LogP contribution in [0.2, 0.25) is 0 Å². The minimum absolute atomic E-state index is 0.218. The second-order valence-corrected chi connectivity index (χ2v) is 3.58. The van der Waals surface area contributed by atoms with Gasteiger partial charge in [-0.1, -0.05) is 0 Å². The number of benzene rings is 1. The van der Waals surface area contributed by atoms with Crippen molar-refractivity contribution in [2.75, 3.05) is 5.73 Å². The van der Waals surface area contributed by atoms with Crippen molar-refractivity contribution in [3.63, 3.8) is 0 Å². The Kier molecular flexibility index (Phi) is 2.48. The van der Waals surface area contributed by atoms with Gasteiger partial charge in [0.25, 0.3) is 5.56 Å². The number of rotatable bonds is 1. The molecule has 0 amide bonds. The maximum Gasteiger partial charge on any atom is 0.257 e. The van der Waals surface area contributed by atoms with Crippen LogP contribution in [0.15, 0.2) is 41.2 Å². The van der Waals surface area contributed by atoms with E-state index in [-0.39, 0.29) is 11.4 Å². The van der Waals surface area contributed by atoms with Crippen LogP contribution in [-0.2, 0) is 0 Å². The molecule has 82 valence electrons. The third-order valence-corrected chi connectivity index (χ3v) is 2.32. The van der Waals surface area contributed by atoms with E-state index in [4.69, 9.17) is 5.73 Å². The smallest absolute Gasteiger partial charge is 0.257 e. The van der Waals surface area contributed by atoms with E-state index in [2.05, 4.69) is 0 Å². The Hall–Kier alpha value is -2.10. The molecule has 1 aromatic heterocycles. The first-order chi connectivity index (χ1) is 7.58. The lowest BCUT2D eigenvalue weighted by Gasteiger charge is -2.10. The highest BCUT2D eigenvalue weighted by Crippen LogP contribution is 2.11. The summed E-state index contributed by atoms with van der Waals surface area (Å²) in [4.78, 5) is 11.7. The highest BCUT2D eigenvalue weighted by molar-refractivity contribution is 5.42. The summed E-state index contributed by atoms with van der Waals surface area (Å²) in [6.07, 6.45) is 0. The highest BCUT2D eigenvalue weighted by Gasteiger charge is 2.04. The molecule has 2 N–H and O–H groups in total. The summed E-state index contributed by atoms with van der Waals surface area (Å²) in [6.45, 7) is 1.78. The standard InChI is InChI=1S/C12H11FN2O/c1-8-6-10(14)7-12(16)15(8)11-4-2-9(13)3-5-11/h2-7H,14H2,1H3. The van der Waals surface area contributed by atoms with Gasteiger partial charge in [-0.05, 0) is 37.3 Å². The third-order valence-electron chi connectivity index (χ3n) is 2.32. The molecule has 0 fully saturated rings. The van der Waals surface area contributed by atoms with Crippen molar-refractivity contribution in [3.05, 3.63) is 58.3 Å². The number of anilines is 1. The van der Waals surface area contributed by atoms with Crippen LogP contribution in [0.1, 0.15) is 5.69 Å². The van der Waals surface area contributed by atoms with Gasteiger partial charge in [-0.15, -0.1) is 0 Å². The molecule has 2 rings (SSSR count). The van der Waals surface area contributed by atoms with Crippen molar-refractivity contribution >= 4 is 5.69 Å². The van der Waals surface area contributed by atoms with Crippen LogP contribution in [0.3, 0.4) is 0 Å². The van der Waals surface area contributed by atoms with Crippen molar-refractivity contribution in [1.82, 2.24) is 4.57 Å². The number of aryl methyl sites for hydroxylation is 1. The molecule has 0 aliphatic heterocycles. The SMILES string of the molecule is Cc1cc(N)cc(=O)n1-c1ccc(F)cc1. The first-order valence-corrected chi connectivity index (χ1v) is 4.83. The Bertz CT molecular complexity index is 573. The molecule has 0 spiro atoms. The predicted octanol–water partition coefficient (Wildman–Crippen LogP) is 1.87. The average molecular weight is 218 g/mol. The molecule has 1 heterocycles. The van der Waals surface area contributed by atoms with Crippen molar-refractivity contribution in [1.29, 1.82) is 0 Å². The monoisotopic (exact) mass is 218 g/mol. The zero-order chi connectivity index (χ0) is 11.7. The van der Waals surface area contributed by atoms with E-state index in [1.54, 1.807) is 25.1 Å². The zero-order valence-corrected chi connectivity index (χ0v) is 8.77. The van der Waals surface area contributed by atoms with Crippen LogP contribution in [0.5, 0.6) is 0 Å². The fourth-order valence-corrected chi connectivity index (χ4v) is 1.65. The van der Waals surface area contributed by atoms with Gasteiger partial charge in [0.15, 0.2) is 0 Å². The molecule has 2 aromatic rings. The molecule has 0 unspecified atom stereocenters. The van der Waals surface area contributed by atoms with E-state index in [0.29, 0.717) is 11.4 Å². The number of nitrogens with zero attached hydrogens (tertiary/aromatic N) is 1. The summed E-state index contributed by atoms with van der Waals surface area (Å²) < 4.78 is 14.2. The van der Waals surface area contributed by atoms with Crippen molar-refractivity contribution in [3.8, 4) is 5.69 Å². The molecule has 3 nitrogen and oxygen atoms in total. The summed E-state index contributed by atoms with van der Waals surface area (Å²) in [6, 6.07) is 8.79. The lowest BCUT2D eigenvalue weighted by Crippen LogP contribution is -2.20. The largest absolute Gasteiger partial charge is 0.399 e. The summed E-state index contributed by atoms with van der Waals surface area (Å²) in [5, 5.41) is 0. The number of halogens is 1. The molecular formula is C12H11FN2O. The minimum Gasteiger partial charge on any atom is -0.399 e. The van der Waals surface area contributed by atoms with Crippen LogP contribution >= 0.6 is 0 Å². The molecule has 16 heavy (non-hydrogen) atoms. The van der Waals surface area contributed by atoms with E-state index >= 15 is 0 Å². The van der Waals surface area contributed by atoms with Crippen LogP contribution in [0.4, 0.5) is 10.1 Å². The Balaban J connectivity index is 2.65. The van der Waals surface area contributed by atoms with Gasteiger partial charge in [-0.25, -0.2) is 4.39 Å². The van der Waals surface area contributed by atoms with Crippen molar-refractivity contribution in [2.45, 2.75) is 6.92 Å². The molecule has 0 saturated heterocycles. The topological polar surface area (TPSA) is 48.0 Å². The number of nitrogens with two attached hydrogens (primary N) is 1. The van der Waals surface area contributed by atoms with Crippen LogP contribution in [0.25, 0.3) is 5.69 Å². The van der Waals surface area contributed by atoms with Gasteiger partial charge in [-0.3, -0.25) is 9.36 Å². The van der Waals surface area contributed by atoms with Crippen LogP contribution in [-0.4, -0.2) is 4.57 Å². The minimum atomic E-state index is -0.329. The second-order valence-electron chi connectivity index (χ2n) is 3.58. The van der Waals surface area contributed by atoms with Gasteiger partial charge in [0.1, 0.15) is 5.82 Å². The highest BCUT2D eigenvalue weighted by atomic mass is 19.1. The Morgan fingerprint density at radius 1 is 1.19 bits per heavy atom. The number of nitrogen functional groups attached to an aromatic ring is 1. The summed E-state index contributed by atoms with van der Waals surface area (Å²) in [5.74, 6) is -0.329. The Labute approximate surface area is 92.0 Å². The maximum absolute atomic E-state index is 12.8. The molecule has 0 aliphatic carbocycles. The third kappa shape index (κ3) is 1.82. The number of pyridine rings is 1. The first kappa shape index (κ1) is 10.4. The number of aromatic nitrogens is 1. The van der Waals surface area contributed by atoms with Gasteiger partial charge in [-0.2, -0.15) is 0 Å². The van der Waals surface area contributed by atoms with E-state index < -0.39 is 0 Å². The molecule has 0 atom stereocenters. The van der Waals surface area contributed by atoms with Crippen molar-refractivity contribution in [2.24, 2.45) is 0 Å². The predicted molar refractivity (Wildman–Crippen MR) is 61.1 cm³/mol. The normalized spacial score (nSPS) is 10.4. The molecular weight excluding hydrogens is 207 g/mol. The summed E-state index contributed by atoms with van der Waals surface area (Å²) in [7, 11) is 0. The summed E-state index contributed by atoms with van der Waals surface area (Å²) in [5.41, 5.74) is 7.12. The van der Waals surface area contributed by atoms with Gasteiger partial charge in [0.2, 0.25) is 0 Å². The van der Waals surface area contributed by atoms with Crippen LogP contribution in [0, 0.1) is 12.7 Å². The van der Waals surface area contributed by atoms with E-state index in [1.165, 1.54) is 22.8 Å². The Morgan fingerprint density at radius 2 is 1.81 bits per heavy atom. The second kappa shape index (κ2) is 3.81. The molecule has 0 bridgehead atoms. The Morgan fingerprint density at radius 3 is 2.38 bits per heavy atom. The molecule has 1 aromatic carbocycles. The van der Waals surface area contributed by atoms with E-state index in [9.17, 15) is 9.18 Å². The maximum atomic E-state index is 12.8. The van der Waals surface area contributed by atoms with Gasteiger partial charge in [0.05, 0.1) is 0 Å². The van der Waals surface area contributed by atoms with E-state index in [1.807, 2.05) is 0 Å².